The molecule has 0 radical (unpaired) electrons. The SMILES string of the molecule is Fc1cc(C#CCCCl)cc(OCc2ccc(Cl)cc2)c1. The van der Waals surface area contributed by atoms with Gasteiger partial charge in [-0.15, -0.1) is 11.6 Å². The molecule has 0 bridgehead atoms. The molecule has 0 spiro atoms. The summed E-state index contributed by atoms with van der Waals surface area (Å²) < 4.78 is 19.1. The van der Waals surface area contributed by atoms with E-state index in [0.29, 0.717) is 35.2 Å². The van der Waals surface area contributed by atoms with Gasteiger partial charge in [0.1, 0.15) is 18.2 Å². The maximum absolute atomic E-state index is 13.5. The maximum atomic E-state index is 13.5. The topological polar surface area (TPSA) is 9.23 Å². The molecule has 2 rings (SSSR count). The summed E-state index contributed by atoms with van der Waals surface area (Å²) in [5.74, 6) is 6.26. The molecule has 0 N–H and O–H groups in total. The van der Waals surface area contributed by atoms with E-state index in [0.717, 1.165) is 5.56 Å². The van der Waals surface area contributed by atoms with Crippen LogP contribution in [0.1, 0.15) is 17.5 Å². The molecule has 0 aromatic heterocycles. The molecular weight excluding hydrogens is 310 g/mol. The minimum Gasteiger partial charge on any atom is -0.489 e. The van der Waals surface area contributed by atoms with Crippen molar-refractivity contribution in [2.75, 3.05) is 5.88 Å². The van der Waals surface area contributed by atoms with Gasteiger partial charge in [0.2, 0.25) is 0 Å². The summed E-state index contributed by atoms with van der Waals surface area (Å²) in [6.45, 7) is 0.342. The molecule has 0 fully saturated rings. The van der Waals surface area contributed by atoms with E-state index in [1.54, 1.807) is 18.2 Å². The van der Waals surface area contributed by atoms with Crippen LogP contribution in [0, 0.1) is 17.7 Å². The van der Waals surface area contributed by atoms with E-state index < -0.39 is 0 Å². The minimum absolute atomic E-state index is 0.342. The molecule has 4 heteroatoms. The number of alkyl halides is 1. The van der Waals surface area contributed by atoms with Crippen molar-refractivity contribution < 1.29 is 9.13 Å². The fraction of sp³-hybridized carbons (Fsp3) is 0.176. The molecule has 0 amide bonds. The monoisotopic (exact) mass is 322 g/mol. The third-order valence-corrected chi connectivity index (χ3v) is 3.08. The maximum Gasteiger partial charge on any atom is 0.128 e. The van der Waals surface area contributed by atoms with Crippen molar-refractivity contribution in [3.63, 3.8) is 0 Å². The highest BCUT2D eigenvalue weighted by Crippen LogP contribution is 2.18. The molecule has 21 heavy (non-hydrogen) atoms. The Balaban J connectivity index is 2.06. The molecule has 108 valence electrons. The van der Waals surface area contributed by atoms with Crippen LogP contribution in [0.2, 0.25) is 5.02 Å². The first-order chi connectivity index (χ1) is 10.2. The Hall–Kier alpha value is -1.69. The number of ether oxygens (including phenoxy) is 1. The van der Waals surface area contributed by atoms with Crippen molar-refractivity contribution in [2.45, 2.75) is 13.0 Å². The second kappa shape index (κ2) is 7.93. The van der Waals surface area contributed by atoms with Gasteiger partial charge in [0, 0.05) is 29.0 Å². The van der Waals surface area contributed by atoms with Crippen LogP contribution in [-0.2, 0) is 6.61 Å². The quantitative estimate of drug-likeness (QED) is 0.566. The second-order valence-electron chi connectivity index (χ2n) is 4.33. The first-order valence-electron chi connectivity index (χ1n) is 6.40. The number of halogens is 3. The van der Waals surface area contributed by atoms with Crippen LogP contribution in [0.4, 0.5) is 4.39 Å². The van der Waals surface area contributed by atoms with Crippen LogP contribution in [0.25, 0.3) is 0 Å². The molecule has 0 atom stereocenters. The number of rotatable bonds is 4. The molecule has 2 aromatic carbocycles. The van der Waals surface area contributed by atoms with Crippen LogP contribution < -0.4 is 4.74 Å². The molecule has 2 aromatic rings. The smallest absolute Gasteiger partial charge is 0.128 e. The van der Waals surface area contributed by atoms with Crippen molar-refractivity contribution in [1.29, 1.82) is 0 Å². The van der Waals surface area contributed by atoms with Gasteiger partial charge in [-0.2, -0.15) is 0 Å². The molecule has 0 heterocycles. The number of hydrogen-bond donors (Lipinski definition) is 0. The lowest BCUT2D eigenvalue weighted by Gasteiger charge is -2.07. The average Bonchev–Trinajstić information content (AvgIpc) is 2.46. The zero-order chi connectivity index (χ0) is 15.1. The van der Waals surface area contributed by atoms with Crippen LogP contribution in [0.5, 0.6) is 5.75 Å². The zero-order valence-corrected chi connectivity index (χ0v) is 12.7. The highest BCUT2D eigenvalue weighted by atomic mass is 35.5. The predicted molar refractivity (Wildman–Crippen MR) is 84.4 cm³/mol. The average molecular weight is 323 g/mol. The summed E-state index contributed by atoms with van der Waals surface area (Å²) in [6.07, 6.45) is 0.568. The van der Waals surface area contributed by atoms with Crippen LogP contribution in [0.15, 0.2) is 42.5 Å². The highest BCUT2D eigenvalue weighted by molar-refractivity contribution is 6.30. The van der Waals surface area contributed by atoms with E-state index in [-0.39, 0.29) is 5.82 Å². The molecule has 0 saturated heterocycles. The summed E-state index contributed by atoms with van der Waals surface area (Å²) in [6, 6.07) is 11.7. The van der Waals surface area contributed by atoms with E-state index in [1.165, 1.54) is 12.1 Å². The highest BCUT2D eigenvalue weighted by Gasteiger charge is 2.01. The third-order valence-electron chi connectivity index (χ3n) is 2.64. The van der Waals surface area contributed by atoms with E-state index in [1.807, 2.05) is 12.1 Å². The van der Waals surface area contributed by atoms with E-state index in [9.17, 15) is 4.39 Å². The van der Waals surface area contributed by atoms with Crippen LogP contribution in [0.3, 0.4) is 0 Å². The Morgan fingerprint density at radius 3 is 2.57 bits per heavy atom. The fourth-order valence-corrected chi connectivity index (χ4v) is 1.90. The first-order valence-corrected chi connectivity index (χ1v) is 7.31. The Kier molecular flexibility index (Phi) is 5.92. The molecule has 0 aliphatic heterocycles. The van der Waals surface area contributed by atoms with Crippen LogP contribution in [-0.4, -0.2) is 5.88 Å². The van der Waals surface area contributed by atoms with Gasteiger partial charge in [-0.1, -0.05) is 35.6 Å². The third kappa shape index (κ3) is 5.30. The van der Waals surface area contributed by atoms with E-state index in [2.05, 4.69) is 11.8 Å². The first kappa shape index (κ1) is 15.7. The summed E-state index contributed by atoms with van der Waals surface area (Å²) in [5, 5.41) is 0.668. The second-order valence-corrected chi connectivity index (χ2v) is 5.15. The van der Waals surface area contributed by atoms with Gasteiger partial charge in [0.25, 0.3) is 0 Å². The molecular formula is C17H13Cl2FO. The molecule has 0 aliphatic carbocycles. The van der Waals surface area contributed by atoms with Crippen molar-refractivity contribution in [3.8, 4) is 17.6 Å². The largest absolute Gasteiger partial charge is 0.489 e. The molecule has 1 nitrogen and oxygen atoms in total. The molecule has 0 saturated carbocycles. The van der Waals surface area contributed by atoms with Crippen molar-refractivity contribution in [1.82, 2.24) is 0 Å². The van der Waals surface area contributed by atoms with Gasteiger partial charge >= 0.3 is 0 Å². The fourth-order valence-electron chi connectivity index (χ4n) is 1.68. The van der Waals surface area contributed by atoms with E-state index >= 15 is 0 Å². The van der Waals surface area contributed by atoms with Gasteiger partial charge in [0.05, 0.1) is 0 Å². The summed E-state index contributed by atoms with van der Waals surface area (Å²) in [4.78, 5) is 0. The lowest BCUT2D eigenvalue weighted by Crippen LogP contribution is -1.96. The van der Waals surface area contributed by atoms with Crippen LogP contribution >= 0.6 is 23.2 Å². The Bertz CT molecular complexity index is 657. The minimum atomic E-state index is -0.376. The Morgan fingerprint density at radius 2 is 1.86 bits per heavy atom. The standard InChI is InChI=1S/C17H13Cl2FO/c18-8-2-1-3-14-9-16(20)11-17(10-14)21-12-13-4-6-15(19)7-5-13/h4-7,9-11H,2,8,12H2. The van der Waals surface area contributed by atoms with Crippen molar-refractivity contribution in [3.05, 3.63) is 64.4 Å². The van der Waals surface area contributed by atoms with Crippen molar-refractivity contribution in [2.24, 2.45) is 0 Å². The van der Waals surface area contributed by atoms with E-state index in [4.69, 9.17) is 27.9 Å². The van der Waals surface area contributed by atoms with Gasteiger partial charge in [-0.05, 0) is 29.8 Å². The number of benzene rings is 2. The predicted octanol–water partition coefficient (Wildman–Crippen LogP) is 5.04. The lowest BCUT2D eigenvalue weighted by molar-refractivity contribution is 0.304. The Labute approximate surface area is 133 Å². The Morgan fingerprint density at radius 1 is 1.10 bits per heavy atom. The van der Waals surface area contributed by atoms with Gasteiger partial charge in [-0.3, -0.25) is 0 Å². The summed E-state index contributed by atoms with van der Waals surface area (Å²) >= 11 is 11.4. The zero-order valence-electron chi connectivity index (χ0n) is 11.2. The van der Waals surface area contributed by atoms with Gasteiger partial charge < -0.3 is 4.74 Å². The van der Waals surface area contributed by atoms with Gasteiger partial charge in [-0.25, -0.2) is 4.39 Å². The van der Waals surface area contributed by atoms with Gasteiger partial charge in [0.15, 0.2) is 0 Å². The van der Waals surface area contributed by atoms with Crippen molar-refractivity contribution >= 4 is 23.2 Å². The molecule has 0 aliphatic rings. The number of hydrogen-bond acceptors (Lipinski definition) is 1. The normalized spacial score (nSPS) is 9.86. The summed E-state index contributed by atoms with van der Waals surface area (Å²) in [5.41, 5.74) is 1.53. The lowest BCUT2D eigenvalue weighted by atomic mass is 10.2. The summed E-state index contributed by atoms with van der Waals surface area (Å²) in [7, 11) is 0. The molecule has 0 unspecified atom stereocenters.